The van der Waals surface area contributed by atoms with Gasteiger partial charge in [-0.3, -0.25) is 0 Å². The minimum Gasteiger partial charge on any atom is -0.314 e. The molecule has 0 saturated carbocycles. The number of hydrogen-bond acceptors (Lipinski definition) is 2. The minimum atomic E-state index is 0.264. The van der Waals surface area contributed by atoms with Crippen LogP contribution in [0.15, 0.2) is 0 Å². The summed E-state index contributed by atoms with van der Waals surface area (Å²) in [5.41, 5.74) is 0.529. The number of hydrogen-bond donors (Lipinski definition) is 2. The highest BCUT2D eigenvalue weighted by Crippen LogP contribution is 2.28. The summed E-state index contributed by atoms with van der Waals surface area (Å²) >= 11 is 0. The summed E-state index contributed by atoms with van der Waals surface area (Å²) in [6, 6.07) is 0.682. The van der Waals surface area contributed by atoms with E-state index in [4.69, 9.17) is 0 Å². The van der Waals surface area contributed by atoms with Gasteiger partial charge in [0.25, 0.3) is 0 Å². The van der Waals surface area contributed by atoms with Crippen molar-refractivity contribution in [3.63, 3.8) is 0 Å². The van der Waals surface area contributed by atoms with E-state index in [1.807, 2.05) is 0 Å². The van der Waals surface area contributed by atoms with Crippen molar-refractivity contribution in [2.75, 3.05) is 6.54 Å². The number of piperidine rings is 1. The van der Waals surface area contributed by atoms with Gasteiger partial charge in [0.05, 0.1) is 0 Å². The lowest BCUT2D eigenvalue weighted by atomic mass is 9.79. The van der Waals surface area contributed by atoms with Crippen LogP contribution in [-0.2, 0) is 0 Å². The molecule has 1 fully saturated rings. The first-order valence-electron chi connectivity index (χ1n) is 8.37. The summed E-state index contributed by atoms with van der Waals surface area (Å²) in [6.45, 7) is 12.8. The Morgan fingerprint density at radius 3 is 2.00 bits per heavy atom. The van der Waals surface area contributed by atoms with Gasteiger partial charge in [-0.25, -0.2) is 0 Å². The number of unbranched alkanes of at least 4 members (excludes halogenated alkanes) is 5. The summed E-state index contributed by atoms with van der Waals surface area (Å²) in [5.74, 6) is 0. The van der Waals surface area contributed by atoms with E-state index in [-0.39, 0.29) is 11.1 Å². The maximum absolute atomic E-state index is 3.78. The Kier molecular flexibility index (Phi) is 6.82. The zero-order chi connectivity index (χ0) is 14.4. The molecular weight excluding hydrogens is 232 g/mol. The lowest BCUT2D eigenvalue weighted by molar-refractivity contribution is 0.146. The molecule has 1 heterocycles. The van der Waals surface area contributed by atoms with Crippen molar-refractivity contribution >= 4 is 0 Å². The third-order valence-electron chi connectivity index (χ3n) is 4.15. The van der Waals surface area contributed by atoms with E-state index in [1.54, 1.807) is 0 Å². The number of nitrogens with one attached hydrogen (secondary N) is 2. The van der Waals surface area contributed by atoms with Crippen molar-refractivity contribution in [2.45, 2.75) is 103 Å². The lowest BCUT2D eigenvalue weighted by Crippen LogP contribution is -2.61. The Labute approximate surface area is 121 Å². The molecule has 0 amide bonds. The first-order valence-corrected chi connectivity index (χ1v) is 8.37. The first kappa shape index (κ1) is 17.0. The maximum Gasteiger partial charge on any atom is 0.0144 e. The maximum atomic E-state index is 3.78. The molecule has 114 valence electrons. The molecule has 0 aromatic carbocycles. The van der Waals surface area contributed by atoms with Crippen LogP contribution in [-0.4, -0.2) is 23.7 Å². The van der Waals surface area contributed by atoms with Crippen molar-refractivity contribution in [3.05, 3.63) is 0 Å². The van der Waals surface area contributed by atoms with Gasteiger partial charge >= 0.3 is 0 Å². The molecule has 0 bridgehead atoms. The quantitative estimate of drug-likeness (QED) is 0.643. The van der Waals surface area contributed by atoms with Gasteiger partial charge in [0, 0.05) is 17.1 Å². The van der Waals surface area contributed by atoms with Gasteiger partial charge in [0.2, 0.25) is 0 Å². The smallest absolute Gasteiger partial charge is 0.0144 e. The molecule has 0 radical (unpaired) electrons. The Hall–Kier alpha value is -0.0800. The molecule has 1 aliphatic heterocycles. The fourth-order valence-corrected chi connectivity index (χ4v) is 3.68. The second kappa shape index (κ2) is 7.64. The Morgan fingerprint density at radius 2 is 1.42 bits per heavy atom. The van der Waals surface area contributed by atoms with E-state index in [9.17, 15) is 0 Å². The average molecular weight is 268 g/mol. The van der Waals surface area contributed by atoms with Crippen molar-refractivity contribution < 1.29 is 0 Å². The highest BCUT2D eigenvalue weighted by atomic mass is 15.1. The largest absolute Gasteiger partial charge is 0.314 e. The Bertz CT molecular complexity index is 230. The van der Waals surface area contributed by atoms with Gasteiger partial charge in [0.1, 0.15) is 0 Å². The van der Waals surface area contributed by atoms with Crippen LogP contribution in [0.1, 0.15) is 86.0 Å². The molecule has 2 heteroatoms. The van der Waals surface area contributed by atoms with E-state index < -0.39 is 0 Å². The topological polar surface area (TPSA) is 24.1 Å². The molecule has 1 saturated heterocycles. The molecule has 2 N–H and O–H groups in total. The predicted molar refractivity (Wildman–Crippen MR) is 85.7 cm³/mol. The molecular formula is C17H36N2. The Balaban J connectivity index is 2.15. The Morgan fingerprint density at radius 1 is 0.895 bits per heavy atom. The van der Waals surface area contributed by atoms with Crippen LogP contribution in [0.3, 0.4) is 0 Å². The highest BCUT2D eigenvalue weighted by Gasteiger charge is 2.37. The van der Waals surface area contributed by atoms with E-state index in [0.29, 0.717) is 6.04 Å². The molecule has 0 unspecified atom stereocenters. The second-order valence-corrected chi connectivity index (χ2v) is 7.72. The molecule has 0 atom stereocenters. The minimum absolute atomic E-state index is 0.264. The van der Waals surface area contributed by atoms with Crippen LogP contribution in [0.4, 0.5) is 0 Å². The summed E-state index contributed by atoms with van der Waals surface area (Å²) < 4.78 is 0. The van der Waals surface area contributed by atoms with Crippen LogP contribution < -0.4 is 10.6 Å². The first-order chi connectivity index (χ1) is 8.85. The summed E-state index contributed by atoms with van der Waals surface area (Å²) in [6.07, 6.45) is 10.8. The van der Waals surface area contributed by atoms with Gasteiger partial charge in [-0.2, -0.15) is 0 Å². The fourth-order valence-electron chi connectivity index (χ4n) is 3.68. The van der Waals surface area contributed by atoms with Gasteiger partial charge in [-0.1, -0.05) is 39.0 Å². The van der Waals surface area contributed by atoms with Gasteiger partial charge in [0.15, 0.2) is 0 Å². The molecule has 0 aliphatic carbocycles. The zero-order valence-electron chi connectivity index (χ0n) is 13.9. The summed E-state index contributed by atoms with van der Waals surface area (Å²) in [7, 11) is 0. The number of rotatable bonds is 8. The van der Waals surface area contributed by atoms with E-state index in [2.05, 4.69) is 45.3 Å². The van der Waals surface area contributed by atoms with Crippen molar-refractivity contribution in [1.82, 2.24) is 10.6 Å². The van der Waals surface area contributed by atoms with Crippen LogP contribution in [0.25, 0.3) is 0 Å². The van der Waals surface area contributed by atoms with Gasteiger partial charge in [-0.15, -0.1) is 0 Å². The molecule has 1 aliphatic rings. The van der Waals surface area contributed by atoms with Gasteiger partial charge in [-0.05, 0) is 53.5 Å². The standard InChI is InChI=1S/C17H36N2/c1-6-7-8-9-10-11-12-18-15-13-16(2,3)19-17(4,5)14-15/h15,18-19H,6-14H2,1-5H3. The van der Waals surface area contributed by atoms with Gasteiger partial charge < -0.3 is 10.6 Å². The second-order valence-electron chi connectivity index (χ2n) is 7.72. The SMILES string of the molecule is CCCCCCCCNC1CC(C)(C)NC(C)(C)C1. The van der Waals surface area contributed by atoms with Crippen molar-refractivity contribution in [1.29, 1.82) is 0 Å². The zero-order valence-corrected chi connectivity index (χ0v) is 13.9. The lowest BCUT2D eigenvalue weighted by Gasteiger charge is -2.46. The normalized spacial score (nSPS) is 22.6. The van der Waals surface area contributed by atoms with Crippen LogP contribution in [0.2, 0.25) is 0 Å². The monoisotopic (exact) mass is 268 g/mol. The average Bonchev–Trinajstić information content (AvgIpc) is 2.23. The molecule has 1 rings (SSSR count). The van der Waals surface area contributed by atoms with E-state index in [0.717, 1.165) is 0 Å². The third-order valence-corrected chi connectivity index (χ3v) is 4.15. The van der Waals surface area contributed by atoms with E-state index in [1.165, 1.54) is 57.9 Å². The highest BCUT2D eigenvalue weighted by molar-refractivity contribution is 4.99. The molecule has 2 nitrogen and oxygen atoms in total. The molecule has 0 spiro atoms. The molecule has 0 aromatic rings. The van der Waals surface area contributed by atoms with Crippen LogP contribution in [0.5, 0.6) is 0 Å². The van der Waals surface area contributed by atoms with Crippen molar-refractivity contribution in [3.8, 4) is 0 Å². The van der Waals surface area contributed by atoms with Crippen LogP contribution in [0, 0.1) is 0 Å². The summed E-state index contributed by atoms with van der Waals surface area (Å²) in [5, 5.41) is 7.53. The molecule has 19 heavy (non-hydrogen) atoms. The van der Waals surface area contributed by atoms with Crippen LogP contribution >= 0.6 is 0 Å². The van der Waals surface area contributed by atoms with Crippen molar-refractivity contribution in [2.24, 2.45) is 0 Å². The molecule has 0 aromatic heterocycles. The van der Waals surface area contributed by atoms with E-state index >= 15 is 0 Å². The fraction of sp³-hybridized carbons (Fsp3) is 1.00. The third kappa shape index (κ3) is 7.31. The summed E-state index contributed by atoms with van der Waals surface area (Å²) in [4.78, 5) is 0. The predicted octanol–water partition coefficient (Wildman–Crippen LogP) is 4.25.